The van der Waals surface area contributed by atoms with E-state index in [1.165, 1.54) is 12.1 Å². The molecule has 0 aliphatic rings. The van der Waals surface area contributed by atoms with Crippen LogP contribution < -0.4 is 0 Å². The molecule has 20 heavy (non-hydrogen) atoms. The van der Waals surface area contributed by atoms with Crippen LogP contribution in [-0.2, 0) is 0 Å². The topological polar surface area (TPSA) is 86.2 Å². The van der Waals surface area contributed by atoms with E-state index in [1.807, 2.05) is 0 Å². The maximum absolute atomic E-state index is 11.0. The summed E-state index contributed by atoms with van der Waals surface area (Å²) < 4.78 is 0. The van der Waals surface area contributed by atoms with Crippen LogP contribution >= 0.6 is 11.6 Å². The second-order valence-corrected chi connectivity index (χ2v) is 4.71. The van der Waals surface area contributed by atoms with Crippen LogP contribution in [0.5, 0.6) is 5.75 Å². The number of aromatic amines is 1. The van der Waals surface area contributed by atoms with Crippen molar-refractivity contribution in [3.63, 3.8) is 0 Å². The van der Waals surface area contributed by atoms with E-state index in [2.05, 4.69) is 10.2 Å². The van der Waals surface area contributed by atoms with Gasteiger partial charge in [-0.05, 0) is 36.4 Å². The Hall–Kier alpha value is -2.53. The van der Waals surface area contributed by atoms with Crippen LogP contribution in [0.3, 0.4) is 0 Å². The molecule has 0 unspecified atom stereocenters. The van der Waals surface area contributed by atoms with E-state index in [0.29, 0.717) is 16.6 Å². The molecule has 0 saturated carbocycles. The van der Waals surface area contributed by atoms with Crippen molar-refractivity contribution in [2.75, 3.05) is 0 Å². The number of hydrogen-bond donors (Lipinski definition) is 3. The zero-order chi connectivity index (χ0) is 14.3. The summed E-state index contributed by atoms with van der Waals surface area (Å²) in [6.45, 7) is 0. The largest absolute Gasteiger partial charge is 0.506 e. The lowest BCUT2D eigenvalue weighted by molar-refractivity contribution is 0.0697. The van der Waals surface area contributed by atoms with Gasteiger partial charge in [-0.15, -0.1) is 0 Å². The number of hydrogen-bond acceptors (Lipinski definition) is 3. The fourth-order valence-electron chi connectivity index (χ4n) is 2.02. The maximum atomic E-state index is 11.0. The van der Waals surface area contributed by atoms with Crippen LogP contribution in [0.4, 0.5) is 0 Å². The van der Waals surface area contributed by atoms with Gasteiger partial charge >= 0.3 is 5.97 Å². The molecule has 0 amide bonds. The minimum absolute atomic E-state index is 0.0125. The van der Waals surface area contributed by atoms with E-state index in [1.54, 1.807) is 24.3 Å². The SMILES string of the molecule is O=C(O)c1ccc2[nH]nc(-c3ccc(O)c(Cl)c3)c2c1. The van der Waals surface area contributed by atoms with Crippen molar-refractivity contribution in [1.29, 1.82) is 0 Å². The van der Waals surface area contributed by atoms with E-state index in [-0.39, 0.29) is 16.3 Å². The molecule has 5 nitrogen and oxygen atoms in total. The number of nitrogens with one attached hydrogen (secondary N) is 1. The van der Waals surface area contributed by atoms with Crippen LogP contribution in [0.15, 0.2) is 36.4 Å². The number of rotatable bonds is 2. The van der Waals surface area contributed by atoms with Crippen molar-refractivity contribution in [3.8, 4) is 17.0 Å². The molecule has 0 atom stereocenters. The summed E-state index contributed by atoms with van der Waals surface area (Å²) in [5.41, 5.74) is 2.20. The van der Waals surface area contributed by atoms with Crippen LogP contribution in [0.2, 0.25) is 5.02 Å². The Balaban J connectivity index is 2.22. The van der Waals surface area contributed by atoms with E-state index in [0.717, 1.165) is 5.52 Å². The van der Waals surface area contributed by atoms with Crippen LogP contribution in [0.25, 0.3) is 22.2 Å². The molecule has 100 valence electrons. The monoisotopic (exact) mass is 288 g/mol. The Morgan fingerprint density at radius 2 is 2.00 bits per heavy atom. The Labute approximate surface area is 118 Å². The van der Waals surface area contributed by atoms with Gasteiger partial charge in [-0.2, -0.15) is 5.10 Å². The highest BCUT2D eigenvalue weighted by Gasteiger charge is 2.12. The summed E-state index contributed by atoms with van der Waals surface area (Å²) in [5.74, 6) is -1.01. The molecule has 3 N–H and O–H groups in total. The molecule has 2 aromatic carbocycles. The number of aromatic carboxylic acids is 1. The second kappa shape index (κ2) is 4.54. The molecule has 0 saturated heterocycles. The number of aromatic nitrogens is 2. The predicted octanol–water partition coefficient (Wildman–Crippen LogP) is 3.29. The quantitative estimate of drug-likeness (QED) is 0.675. The number of carboxylic acids is 1. The number of benzene rings is 2. The van der Waals surface area contributed by atoms with Gasteiger partial charge in [-0.1, -0.05) is 11.6 Å². The summed E-state index contributed by atoms with van der Waals surface area (Å²) in [5, 5.41) is 26.4. The van der Waals surface area contributed by atoms with Crippen molar-refractivity contribution >= 4 is 28.5 Å². The number of carboxylic acid groups (broad SMARTS) is 1. The number of halogens is 1. The molecule has 1 heterocycles. The Morgan fingerprint density at radius 3 is 2.70 bits per heavy atom. The lowest BCUT2D eigenvalue weighted by Gasteiger charge is -2.01. The van der Waals surface area contributed by atoms with Gasteiger partial charge in [-0.25, -0.2) is 4.79 Å². The molecular formula is C14H9ClN2O3. The first-order valence-electron chi connectivity index (χ1n) is 5.76. The van der Waals surface area contributed by atoms with E-state index in [9.17, 15) is 9.90 Å². The highest BCUT2D eigenvalue weighted by Crippen LogP contribution is 2.32. The highest BCUT2D eigenvalue weighted by molar-refractivity contribution is 6.32. The minimum atomic E-state index is -0.997. The second-order valence-electron chi connectivity index (χ2n) is 4.30. The third-order valence-corrected chi connectivity index (χ3v) is 3.33. The molecule has 0 aliphatic carbocycles. The zero-order valence-electron chi connectivity index (χ0n) is 10.1. The summed E-state index contributed by atoms with van der Waals surface area (Å²) in [6.07, 6.45) is 0. The van der Waals surface area contributed by atoms with Gasteiger partial charge in [-0.3, -0.25) is 5.10 Å². The average molecular weight is 289 g/mol. The standard InChI is InChI=1S/C14H9ClN2O3/c15-10-6-7(2-4-12(10)18)13-9-5-8(14(19)20)1-3-11(9)16-17-13/h1-6,18H,(H,16,17)(H,19,20). The van der Waals surface area contributed by atoms with Crippen LogP contribution in [0, 0.1) is 0 Å². The average Bonchev–Trinajstić information content (AvgIpc) is 2.84. The van der Waals surface area contributed by atoms with E-state index < -0.39 is 5.97 Å². The Bertz CT molecular complexity index is 826. The molecular weight excluding hydrogens is 280 g/mol. The summed E-state index contributed by atoms with van der Waals surface area (Å²) in [4.78, 5) is 11.0. The molecule has 6 heteroatoms. The van der Waals surface area contributed by atoms with Gasteiger partial charge in [0.05, 0.1) is 21.8 Å². The van der Waals surface area contributed by atoms with Crippen molar-refractivity contribution in [2.24, 2.45) is 0 Å². The van der Waals surface area contributed by atoms with Gasteiger partial charge < -0.3 is 10.2 Å². The number of phenolic OH excluding ortho intramolecular Hbond substituents is 1. The molecule has 3 rings (SSSR count). The number of aromatic hydroxyl groups is 1. The summed E-state index contributed by atoms with van der Waals surface area (Å²) in [6, 6.07) is 9.45. The zero-order valence-corrected chi connectivity index (χ0v) is 10.8. The first-order valence-corrected chi connectivity index (χ1v) is 6.14. The van der Waals surface area contributed by atoms with Crippen molar-refractivity contribution < 1.29 is 15.0 Å². The summed E-state index contributed by atoms with van der Waals surface area (Å²) >= 11 is 5.88. The normalized spacial score (nSPS) is 10.8. The van der Waals surface area contributed by atoms with Gasteiger partial charge in [0, 0.05) is 10.9 Å². The van der Waals surface area contributed by atoms with Gasteiger partial charge in [0.15, 0.2) is 0 Å². The molecule has 0 bridgehead atoms. The third kappa shape index (κ3) is 1.98. The van der Waals surface area contributed by atoms with Crippen molar-refractivity contribution in [1.82, 2.24) is 10.2 Å². The van der Waals surface area contributed by atoms with Gasteiger partial charge in [0.1, 0.15) is 5.75 Å². The minimum Gasteiger partial charge on any atom is -0.506 e. The Morgan fingerprint density at radius 1 is 1.20 bits per heavy atom. The number of H-pyrrole nitrogens is 1. The van der Waals surface area contributed by atoms with Gasteiger partial charge in [0.2, 0.25) is 0 Å². The van der Waals surface area contributed by atoms with E-state index in [4.69, 9.17) is 16.7 Å². The molecule has 0 aliphatic heterocycles. The molecule has 0 radical (unpaired) electrons. The number of phenols is 1. The van der Waals surface area contributed by atoms with Crippen LogP contribution in [0.1, 0.15) is 10.4 Å². The number of carbonyl (C=O) groups is 1. The third-order valence-electron chi connectivity index (χ3n) is 3.03. The maximum Gasteiger partial charge on any atom is 0.335 e. The fourth-order valence-corrected chi connectivity index (χ4v) is 2.20. The van der Waals surface area contributed by atoms with Crippen molar-refractivity contribution in [2.45, 2.75) is 0 Å². The van der Waals surface area contributed by atoms with E-state index >= 15 is 0 Å². The Kier molecular flexibility index (Phi) is 2.84. The number of fused-ring (bicyclic) bond motifs is 1. The molecule has 3 aromatic rings. The van der Waals surface area contributed by atoms with Crippen molar-refractivity contribution in [3.05, 3.63) is 47.0 Å². The lowest BCUT2D eigenvalue weighted by Crippen LogP contribution is -1.94. The smallest absolute Gasteiger partial charge is 0.335 e. The molecule has 0 fully saturated rings. The first-order chi connectivity index (χ1) is 9.56. The highest BCUT2D eigenvalue weighted by atomic mass is 35.5. The number of nitrogens with zero attached hydrogens (tertiary/aromatic N) is 1. The van der Waals surface area contributed by atoms with Crippen LogP contribution in [-0.4, -0.2) is 26.4 Å². The fraction of sp³-hybridized carbons (Fsp3) is 0. The molecule has 1 aromatic heterocycles. The lowest BCUT2D eigenvalue weighted by atomic mass is 10.1. The first kappa shape index (κ1) is 12.5. The predicted molar refractivity (Wildman–Crippen MR) is 75.2 cm³/mol. The summed E-state index contributed by atoms with van der Waals surface area (Å²) in [7, 11) is 0. The molecule has 0 spiro atoms. The van der Waals surface area contributed by atoms with Gasteiger partial charge in [0.25, 0.3) is 0 Å².